The number of amides is 2. The van der Waals surface area contributed by atoms with Crippen LogP contribution in [0.15, 0.2) is 84.9 Å². The van der Waals surface area contributed by atoms with Gasteiger partial charge >= 0.3 is 11.9 Å². The topological polar surface area (TPSA) is 150 Å². The molecule has 0 N–H and O–H groups in total. The summed E-state index contributed by atoms with van der Waals surface area (Å²) < 4.78 is 10.5. The number of nitrogens with zero attached hydrogens (tertiary/aromatic N) is 2. The second-order valence-electron chi connectivity index (χ2n) is 10.2. The molecule has 210 valence electrons. The number of non-ortho nitro benzene ring substituents is 1. The molecule has 3 aromatic carbocycles. The van der Waals surface area contributed by atoms with E-state index in [1.807, 2.05) is 12.2 Å². The zero-order chi connectivity index (χ0) is 29.5. The second kappa shape index (κ2) is 10.5. The molecule has 1 saturated heterocycles. The van der Waals surface area contributed by atoms with Crippen molar-refractivity contribution in [2.45, 2.75) is 6.42 Å². The van der Waals surface area contributed by atoms with Crippen LogP contribution >= 0.6 is 0 Å². The SMILES string of the molecule is O=C(OCC(=O)c1ccccc1OC(=O)c1ccc([N+](=O)[O-])cc1)c1ccc(N2C(=O)C3C4C=CC(C4)C3C2=O)cc1. The molecule has 1 heterocycles. The van der Waals surface area contributed by atoms with Gasteiger partial charge in [-0.15, -0.1) is 0 Å². The first-order valence-electron chi connectivity index (χ1n) is 13.1. The van der Waals surface area contributed by atoms with Gasteiger partial charge in [-0.3, -0.25) is 29.4 Å². The Labute approximate surface area is 238 Å². The largest absolute Gasteiger partial charge is 0.454 e. The lowest BCUT2D eigenvalue weighted by molar-refractivity contribution is -0.384. The summed E-state index contributed by atoms with van der Waals surface area (Å²) in [5, 5.41) is 10.8. The third-order valence-electron chi connectivity index (χ3n) is 7.87. The van der Waals surface area contributed by atoms with Crippen molar-refractivity contribution in [3.05, 3.63) is 112 Å². The highest BCUT2D eigenvalue weighted by Gasteiger charge is 2.59. The molecule has 1 saturated carbocycles. The Morgan fingerprint density at radius 3 is 2.00 bits per heavy atom. The molecule has 4 atom stereocenters. The molecule has 42 heavy (non-hydrogen) atoms. The number of ketones is 1. The maximum absolute atomic E-state index is 13.0. The highest BCUT2D eigenvalue weighted by Crippen LogP contribution is 2.53. The van der Waals surface area contributed by atoms with Crippen LogP contribution in [0.1, 0.15) is 37.5 Å². The van der Waals surface area contributed by atoms with Crippen molar-refractivity contribution in [1.82, 2.24) is 0 Å². The average Bonchev–Trinajstić information content (AvgIpc) is 3.69. The van der Waals surface area contributed by atoms with Crippen LogP contribution in [-0.2, 0) is 14.3 Å². The lowest BCUT2D eigenvalue weighted by Gasteiger charge is -2.17. The summed E-state index contributed by atoms with van der Waals surface area (Å²) in [6, 6.07) is 16.5. The average molecular weight is 567 g/mol. The number of carbonyl (C=O) groups is 5. The van der Waals surface area contributed by atoms with E-state index in [2.05, 4.69) is 0 Å². The summed E-state index contributed by atoms with van der Waals surface area (Å²) in [5.74, 6) is -3.27. The highest BCUT2D eigenvalue weighted by atomic mass is 16.6. The summed E-state index contributed by atoms with van der Waals surface area (Å²) in [5.41, 5.74) is 0.335. The maximum atomic E-state index is 13.0. The van der Waals surface area contributed by atoms with E-state index in [1.54, 1.807) is 12.1 Å². The number of allylic oxidation sites excluding steroid dienone is 2. The minimum Gasteiger partial charge on any atom is -0.454 e. The number of esters is 2. The van der Waals surface area contributed by atoms with Gasteiger partial charge in [-0.1, -0.05) is 24.3 Å². The monoisotopic (exact) mass is 566 g/mol. The number of hydrogen-bond acceptors (Lipinski definition) is 9. The minimum absolute atomic E-state index is 0.00373. The Balaban J connectivity index is 1.08. The summed E-state index contributed by atoms with van der Waals surface area (Å²) in [4.78, 5) is 75.5. The normalized spacial score (nSPS) is 21.8. The van der Waals surface area contributed by atoms with Gasteiger partial charge < -0.3 is 9.47 Å². The molecule has 0 radical (unpaired) electrons. The van der Waals surface area contributed by atoms with E-state index in [9.17, 15) is 34.1 Å². The molecule has 3 aliphatic rings. The number of ether oxygens (including phenoxy) is 2. The Hall–Kier alpha value is -5.45. The molecule has 6 rings (SSSR count). The first-order chi connectivity index (χ1) is 20.2. The zero-order valence-electron chi connectivity index (χ0n) is 21.9. The molecule has 11 nitrogen and oxygen atoms in total. The van der Waals surface area contributed by atoms with Gasteiger partial charge in [0.1, 0.15) is 5.75 Å². The molecular formula is C31H22N2O9. The van der Waals surface area contributed by atoms with Crippen molar-refractivity contribution in [2.75, 3.05) is 11.5 Å². The van der Waals surface area contributed by atoms with Gasteiger partial charge in [-0.2, -0.15) is 0 Å². The van der Waals surface area contributed by atoms with Gasteiger partial charge in [0.25, 0.3) is 5.69 Å². The van der Waals surface area contributed by atoms with Crippen LogP contribution in [0.3, 0.4) is 0 Å². The van der Waals surface area contributed by atoms with Crippen molar-refractivity contribution in [3.8, 4) is 5.75 Å². The highest BCUT2D eigenvalue weighted by molar-refractivity contribution is 6.22. The summed E-state index contributed by atoms with van der Waals surface area (Å²) in [6.45, 7) is -0.644. The van der Waals surface area contributed by atoms with E-state index in [0.717, 1.165) is 18.6 Å². The minimum atomic E-state index is -0.829. The molecular weight excluding hydrogens is 544 g/mol. The van der Waals surface area contributed by atoms with Crippen LogP contribution in [0.4, 0.5) is 11.4 Å². The fourth-order valence-corrected chi connectivity index (χ4v) is 5.86. The van der Waals surface area contributed by atoms with Gasteiger partial charge in [0.15, 0.2) is 6.61 Å². The summed E-state index contributed by atoms with van der Waals surface area (Å²) >= 11 is 0. The molecule has 0 aromatic heterocycles. The number of carbonyl (C=O) groups excluding carboxylic acids is 5. The summed E-state index contributed by atoms with van der Waals surface area (Å²) in [7, 11) is 0. The van der Waals surface area contributed by atoms with E-state index in [1.165, 1.54) is 53.4 Å². The quantitative estimate of drug-likeness (QED) is 0.0744. The molecule has 3 aromatic rings. The molecule has 2 aliphatic carbocycles. The number of nitro groups is 1. The number of anilines is 1. The maximum Gasteiger partial charge on any atom is 0.343 e. The van der Waals surface area contributed by atoms with Crippen molar-refractivity contribution in [3.63, 3.8) is 0 Å². The van der Waals surface area contributed by atoms with Crippen LogP contribution in [-0.4, -0.2) is 41.1 Å². The van der Waals surface area contributed by atoms with Crippen LogP contribution in [0, 0.1) is 33.8 Å². The van der Waals surface area contributed by atoms with Crippen molar-refractivity contribution in [1.29, 1.82) is 0 Å². The van der Waals surface area contributed by atoms with E-state index in [-0.39, 0.29) is 63.6 Å². The van der Waals surface area contributed by atoms with Gasteiger partial charge in [0.05, 0.1) is 39.1 Å². The molecule has 0 spiro atoms. The number of nitro benzene ring substituents is 1. The van der Waals surface area contributed by atoms with E-state index < -0.39 is 29.3 Å². The Morgan fingerprint density at radius 2 is 1.38 bits per heavy atom. The third-order valence-corrected chi connectivity index (χ3v) is 7.87. The molecule has 2 fully saturated rings. The van der Waals surface area contributed by atoms with Crippen LogP contribution in [0.5, 0.6) is 5.75 Å². The number of imide groups is 1. The van der Waals surface area contributed by atoms with Crippen LogP contribution in [0.2, 0.25) is 0 Å². The van der Waals surface area contributed by atoms with E-state index in [4.69, 9.17) is 9.47 Å². The second-order valence-corrected chi connectivity index (χ2v) is 10.2. The van der Waals surface area contributed by atoms with Gasteiger partial charge in [-0.25, -0.2) is 9.59 Å². The molecule has 4 unspecified atom stereocenters. The first kappa shape index (κ1) is 26.8. The Kier molecular flexibility index (Phi) is 6.69. The number of fused-ring (bicyclic) bond motifs is 5. The fourth-order valence-electron chi connectivity index (χ4n) is 5.86. The first-order valence-corrected chi connectivity index (χ1v) is 13.1. The standard InChI is InChI=1S/C31H22N2O9/c34-24(23-3-1-2-4-25(23)42-31(38)18-9-13-22(14-10-18)33(39)40)16-41-30(37)17-7-11-21(12-8-17)32-28(35)26-19-5-6-20(15-19)27(26)29(32)36/h1-14,19-20,26-27H,15-16H2. The van der Waals surface area contributed by atoms with E-state index >= 15 is 0 Å². The van der Waals surface area contributed by atoms with Crippen molar-refractivity contribution >= 4 is 40.9 Å². The number of rotatable bonds is 8. The summed E-state index contributed by atoms with van der Waals surface area (Å²) in [6.07, 6.45) is 4.86. The van der Waals surface area contributed by atoms with Crippen LogP contribution in [0.25, 0.3) is 0 Å². The van der Waals surface area contributed by atoms with Crippen molar-refractivity contribution < 1.29 is 38.4 Å². The van der Waals surface area contributed by atoms with E-state index in [0.29, 0.717) is 5.69 Å². The zero-order valence-corrected chi connectivity index (χ0v) is 21.9. The van der Waals surface area contributed by atoms with Crippen LogP contribution < -0.4 is 9.64 Å². The number of benzene rings is 3. The lowest BCUT2D eigenvalue weighted by atomic mass is 9.85. The number of Topliss-reactive ketones (excluding diaryl/α,β-unsaturated/α-hetero) is 1. The third kappa shape index (κ3) is 4.64. The lowest BCUT2D eigenvalue weighted by Crippen LogP contribution is -2.32. The van der Waals surface area contributed by atoms with Crippen molar-refractivity contribution in [2.24, 2.45) is 23.7 Å². The fraction of sp³-hybridized carbons (Fsp3) is 0.194. The number of para-hydroxylation sites is 1. The van der Waals surface area contributed by atoms with Gasteiger partial charge in [-0.05, 0) is 66.8 Å². The Morgan fingerprint density at radius 1 is 0.810 bits per heavy atom. The molecule has 2 bridgehead atoms. The molecule has 11 heteroatoms. The molecule has 2 amide bonds. The van der Waals surface area contributed by atoms with Gasteiger partial charge in [0.2, 0.25) is 17.6 Å². The van der Waals surface area contributed by atoms with Gasteiger partial charge in [0, 0.05) is 12.1 Å². The Bertz CT molecular complexity index is 1650. The smallest absolute Gasteiger partial charge is 0.343 e. The number of hydrogen-bond donors (Lipinski definition) is 0. The predicted octanol–water partition coefficient (Wildman–Crippen LogP) is 4.17. The predicted molar refractivity (Wildman–Crippen MR) is 146 cm³/mol. The molecule has 1 aliphatic heterocycles.